The smallest absolute Gasteiger partial charge is 0.338 e. The van der Waals surface area contributed by atoms with E-state index >= 15 is 0 Å². The number of hydrogen-bond donors (Lipinski definition) is 1. The molecule has 0 atom stereocenters. The SMILES string of the molecule is Cc1nn(-c2cccc(C(=O)O)c2)c(COc2ccc(C(=O)OC(C)(C)C)cc2)c1C. The van der Waals surface area contributed by atoms with Crippen LogP contribution in [0.4, 0.5) is 0 Å². The first-order chi connectivity index (χ1) is 14.5. The minimum Gasteiger partial charge on any atom is -0.487 e. The Hall–Kier alpha value is -3.61. The molecule has 1 aromatic heterocycles. The standard InChI is InChI=1S/C24H26N2O5/c1-15-16(2)25-26(19-8-6-7-18(13-19)22(27)28)21(15)14-30-20-11-9-17(10-12-20)23(29)31-24(3,4)5/h6-13H,14H2,1-5H3,(H,27,28). The maximum Gasteiger partial charge on any atom is 0.338 e. The van der Waals surface area contributed by atoms with Crippen LogP contribution in [0.25, 0.3) is 5.69 Å². The molecule has 2 aromatic carbocycles. The van der Waals surface area contributed by atoms with Gasteiger partial charge in [-0.05, 0) is 82.6 Å². The molecule has 0 saturated heterocycles. The van der Waals surface area contributed by atoms with E-state index in [1.807, 2.05) is 34.6 Å². The Morgan fingerprint density at radius 2 is 1.71 bits per heavy atom. The molecule has 0 fully saturated rings. The van der Waals surface area contributed by atoms with Gasteiger partial charge in [-0.1, -0.05) is 6.07 Å². The first kappa shape index (κ1) is 22.1. The number of esters is 1. The number of aromatic carboxylic acids is 1. The number of carboxylic acids is 1. The van der Waals surface area contributed by atoms with Gasteiger partial charge in [0.1, 0.15) is 18.0 Å². The van der Waals surface area contributed by atoms with E-state index in [4.69, 9.17) is 9.47 Å². The van der Waals surface area contributed by atoms with Gasteiger partial charge in [0.05, 0.1) is 28.2 Å². The second-order valence-corrected chi connectivity index (χ2v) is 8.24. The van der Waals surface area contributed by atoms with Crippen LogP contribution in [0.2, 0.25) is 0 Å². The molecule has 162 valence electrons. The highest BCUT2D eigenvalue weighted by Gasteiger charge is 2.18. The highest BCUT2D eigenvalue weighted by atomic mass is 16.6. The Bertz CT molecular complexity index is 1110. The summed E-state index contributed by atoms with van der Waals surface area (Å²) in [6.07, 6.45) is 0. The Balaban J connectivity index is 1.79. The molecule has 3 aromatic rings. The highest BCUT2D eigenvalue weighted by Crippen LogP contribution is 2.22. The third-order valence-electron chi connectivity index (χ3n) is 4.68. The molecule has 0 unspecified atom stereocenters. The van der Waals surface area contributed by atoms with Gasteiger partial charge in [0.15, 0.2) is 0 Å². The van der Waals surface area contributed by atoms with Crippen molar-refractivity contribution in [2.45, 2.75) is 46.8 Å². The van der Waals surface area contributed by atoms with E-state index in [9.17, 15) is 14.7 Å². The van der Waals surface area contributed by atoms with E-state index < -0.39 is 11.6 Å². The van der Waals surface area contributed by atoms with Gasteiger partial charge < -0.3 is 14.6 Å². The van der Waals surface area contributed by atoms with E-state index in [2.05, 4.69) is 5.10 Å². The average molecular weight is 422 g/mol. The molecular weight excluding hydrogens is 396 g/mol. The van der Waals surface area contributed by atoms with E-state index in [0.717, 1.165) is 17.0 Å². The van der Waals surface area contributed by atoms with Gasteiger partial charge in [-0.3, -0.25) is 0 Å². The van der Waals surface area contributed by atoms with Gasteiger partial charge in [0.25, 0.3) is 0 Å². The Kier molecular flexibility index (Phi) is 6.15. The summed E-state index contributed by atoms with van der Waals surface area (Å²) in [5.41, 5.74) is 3.34. The number of benzene rings is 2. The summed E-state index contributed by atoms with van der Waals surface area (Å²) < 4.78 is 13.0. The van der Waals surface area contributed by atoms with Crippen LogP contribution in [0.5, 0.6) is 5.75 Å². The Morgan fingerprint density at radius 3 is 2.32 bits per heavy atom. The fraction of sp³-hybridized carbons (Fsp3) is 0.292. The summed E-state index contributed by atoms with van der Waals surface area (Å²) in [6, 6.07) is 13.4. The zero-order chi connectivity index (χ0) is 22.8. The van der Waals surface area contributed by atoms with Crippen LogP contribution < -0.4 is 4.74 Å². The quantitative estimate of drug-likeness (QED) is 0.578. The predicted octanol–water partition coefficient (Wildman–Crippen LogP) is 4.72. The van der Waals surface area contributed by atoms with Crippen molar-refractivity contribution >= 4 is 11.9 Å². The molecule has 7 heteroatoms. The van der Waals surface area contributed by atoms with E-state index in [1.54, 1.807) is 47.1 Å². The molecule has 0 amide bonds. The number of nitrogens with zero attached hydrogens (tertiary/aromatic N) is 2. The van der Waals surface area contributed by atoms with E-state index in [1.165, 1.54) is 6.07 Å². The van der Waals surface area contributed by atoms with Gasteiger partial charge in [0.2, 0.25) is 0 Å². The summed E-state index contributed by atoms with van der Waals surface area (Å²) >= 11 is 0. The largest absolute Gasteiger partial charge is 0.487 e. The summed E-state index contributed by atoms with van der Waals surface area (Å²) in [7, 11) is 0. The topological polar surface area (TPSA) is 90.7 Å². The molecule has 0 aliphatic carbocycles. The van der Waals surface area contributed by atoms with Crippen LogP contribution in [0.3, 0.4) is 0 Å². The molecule has 0 saturated carbocycles. The van der Waals surface area contributed by atoms with Crippen LogP contribution >= 0.6 is 0 Å². The number of carbonyl (C=O) groups excluding carboxylic acids is 1. The van der Waals surface area contributed by atoms with Crippen molar-refractivity contribution in [1.82, 2.24) is 9.78 Å². The number of ether oxygens (including phenoxy) is 2. The Morgan fingerprint density at radius 1 is 1.03 bits per heavy atom. The maximum atomic E-state index is 12.2. The van der Waals surface area contributed by atoms with Crippen molar-refractivity contribution < 1.29 is 24.2 Å². The number of aryl methyl sites for hydroxylation is 1. The van der Waals surface area contributed by atoms with Crippen molar-refractivity contribution in [3.63, 3.8) is 0 Å². The molecule has 0 spiro atoms. The zero-order valence-electron chi connectivity index (χ0n) is 18.3. The molecular formula is C24H26N2O5. The number of aromatic nitrogens is 2. The first-order valence-corrected chi connectivity index (χ1v) is 9.90. The second kappa shape index (κ2) is 8.63. The zero-order valence-corrected chi connectivity index (χ0v) is 18.3. The monoisotopic (exact) mass is 422 g/mol. The molecule has 0 aliphatic heterocycles. The van der Waals surface area contributed by atoms with Crippen LogP contribution in [-0.4, -0.2) is 32.4 Å². The molecule has 1 N–H and O–H groups in total. The van der Waals surface area contributed by atoms with Gasteiger partial charge in [-0.15, -0.1) is 0 Å². The summed E-state index contributed by atoms with van der Waals surface area (Å²) in [6.45, 7) is 9.54. The minimum atomic E-state index is -0.995. The van der Waals surface area contributed by atoms with Crippen molar-refractivity contribution in [3.8, 4) is 11.4 Å². The fourth-order valence-electron chi connectivity index (χ4n) is 2.98. The van der Waals surface area contributed by atoms with Gasteiger partial charge >= 0.3 is 11.9 Å². The number of rotatable bonds is 6. The minimum absolute atomic E-state index is 0.188. The van der Waals surface area contributed by atoms with Crippen molar-refractivity contribution in [3.05, 3.63) is 76.6 Å². The highest BCUT2D eigenvalue weighted by molar-refractivity contribution is 5.89. The number of hydrogen-bond acceptors (Lipinski definition) is 5. The summed E-state index contributed by atoms with van der Waals surface area (Å²) in [5, 5.41) is 13.8. The molecule has 31 heavy (non-hydrogen) atoms. The number of carbonyl (C=O) groups is 2. The van der Waals surface area contributed by atoms with Gasteiger partial charge in [-0.2, -0.15) is 5.10 Å². The van der Waals surface area contributed by atoms with Crippen molar-refractivity contribution in [2.24, 2.45) is 0 Å². The van der Waals surface area contributed by atoms with Crippen molar-refractivity contribution in [1.29, 1.82) is 0 Å². The van der Waals surface area contributed by atoms with Crippen LogP contribution in [-0.2, 0) is 11.3 Å². The van der Waals surface area contributed by atoms with E-state index in [0.29, 0.717) is 17.0 Å². The molecule has 0 radical (unpaired) electrons. The van der Waals surface area contributed by atoms with Gasteiger partial charge in [0, 0.05) is 0 Å². The normalized spacial score (nSPS) is 11.3. The Labute approximate surface area is 181 Å². The summed E-state index contributed by atoms with van der Waals surface area (Å²) in [4.78, 5) is 23.5. The molecule has 0 bridgehead atoms. The third kappa shape index (κ3) is 5.31. The lowest BCUT2D eigenvalue weighted by molar-refractivity contribution is 0.00693. The number of carboxylic acid groups (broad SMARTS) is 1. The maximum absolute atomic E-state index is 12.2. The van der Waals surface area contributed by atoms with Crippen LogP contribution in [0.1, 0.15) is 58.4 Å². The second-order valence-electron chi connectivity index (χ2n) is 8.24. The molecule has 1 heterocycles. The van der Waals surface area contributed by atoms with E-state index in [-0.39, 0.29) is 18.1 Å². The first-order valence-electron chi connectivity index (χ1n) is 9.90. The van der Waals surface area contributed by atoms with Crippen molar-refractivity contribution in [2.75, 3.05) is 0 Å². The lowest BCUT2D eigenvalue weighted by Crippen LogP contribution is -2.23. The average Bonchev–Trinajstić information content (AvgIpc) is 2.99. The van der Waals surface area contributed by atoms with Gasteiger partial charge in [-0.25, -0.2) is 14.3 Å². The third-order valence-corrected chi connectivity index (χ3v) is 4.68. The lowest BCUT2D eigenvalue weighted by Gasteiger charge is -2.19. The molecule has 7 nitrogen and oxygen atoms in total. The lowest BCUT2D eigenvalue weighted by atomic mass is 10.1. The summed E-state index contributed by atoms with van der Waals surface area (Å²) in [5.74, 6) is -0.788. The molecule has 3 rings (SSSR count). The molecule has 0 aliphatic rings. The fourth-order valence-corrected chi connectivity index (χ4v) is 2.98. The van der Waals surface area contributed by atoms with Crippen LogP contribution in [0, 0.1) is 13.8 Å². The predicted molar refractivity (Wildman–Crippen MR) is 116 cm³/mol. The van der Waals surface area contributed by atoms with Crippen LogP contribution in [0.15, 0.2) is 48.5 Å².